The molecule has 0 amide bonds. The smallest absolute Gasteiger partial charge is 0.223 e. The summed E-state index contributed by atoms with van der Waals surface area (Å²) in [5, 5.41) is 0.0276. The van der Waals surface area contributed by atoms with Gasteiger partial charge in [-0.3, -0.25) is 0 Å². The summed E-state index contributed by atoms with van der Waals surface area (Å²) in [4.78, 5) is 4.59. The summed E-state index contributed by atoms with van der Waals surface area (Å²) in [5.41, 5.74) is 8.97. The summed E-state index contributed by atoms with van der Waals surface area (Å²) in [6, 6.07) is 6.32. The van der Waals surface area contributed by atoms with Crippen molar-refractivity contribution in [3.05, 3.63) is 51.9 Å². The molecule has 0 fully saturated rings. The van der Waals surface area contributed by atoms with Gasteiger partial charge in [-0.25, -0.2) is 9.37 Å². The van der Waals surface area contributed by atoms with Crippen LogP contribution in [0.2, 0.25) is 5.02 Å². The highest BCUT2D eigenvalue weighted by molar-refractivity contribution is 6.30. The van der Waals surface area contributed by atoms with Crippen LogP contribution in [0.5, 0.6) is 11.6 Å². The molecule has 21 heavy (non-hydrogen) atoms. The van der Waals surface area contributed by atoms with Crippen LogP contribution in [0.3, 0.4) is 0 Å². The van der Waals surface area contributed by atoms with E-state index >= 15 is 0 Å². The van der Waals surface area contributed by atoms with Crippen molar-refractivity contribution in [3.63, 3.8) is 0 Å². The second kappa shape index (κ2) is 6.00. The molecule has 0 saturated carbocycles. The van der Waals surface area contributed by atoms with Crippen LogP contribution in [-0.2, 0) is 19.4 Å². The Labute approximate surface area is 127 Å². The van der Waals surface area contributed by atoms with Crippen LogP contribution in [0.15, 0.2) is 24.3 Å². The zero-order valence-corrected chi connectivity index (χ0v) is 12.3. The number of nitrogens with zero attached hydrogens (tertiary/aromatic N) is 1. The van der Waals surface area contributed by atoms with Gasteiger partial charge in [0.1, 0.15) is 11.6 Å². The van der Waals surface area contributed by atoms with Crippen LogP contribution in [0.25, 0.3) is 0 Å². The molecule has 1 aromatic heterocycles. The molecule has 0 saturated heterocycles. The van der Waals surface area contributed by atoms with Crippen molar-refractivity contribution >= 4 is 11.6 Å². The molecule has 110 valence electrons. The number of rotatable bonds is 3. The summed E-state index contributed by atoms with van der Waals surface area (Å²) in [5.74, 6) is 0.474. The highest BCUT2D eigenvalue weighted by Crippen LogP contribution is 2.30. The first-order chi connectivity index (χ1) is 10.2. The lowest BCUT2D eigenvalue weighted by Gasteiger charge is -2.18. The third-order valence-corrected chi connectivity index (χ3v) is 3.96. The minimum absolute atomic E-state index is 0.0276. The van der Waals surface area contributed by atoms with Crippen molar-refractivity contribution in [3.8, 4) is 11.6 Å². The first-order valence-corrected chi connectivity index (χ1v) is 7.40. The van der Waals surface area contributed by atoms with Gasteiger partial charge in [-0.2, -0.15) is 0 Å². The Morgan fingerprint density at radius 3 is 2.81 bits per heavy atom. The molecule has 0 atom stereocenters. The number of benzene rings is 1. The molecule has 1 aliphatic rings. The van der Waals surface area contributed by atoms with Crippen LogP contribution in [0, 0.1) is 5.82 Å². The maximum atomic E-state index is 13.2. The molecular weight excluding hydrogens is 291 g/mol. The highest BCUT2D eigenvalue weighted by atomic mass is 35.5. The number of hydrogen-bond donors (Lipinski definition) is 1. The Balaban J connectivity index is 1.95. The average Bonchev–Trinajstić information content (AvgIpc) is 2.50. The van der Waals surface area contributed by atoms with E-state index in [0.29, 0.717) is 18.2 Å². The minimum atomic E-state index is -0.471. The van der Waals surface area contributed by atoms with Crippen molar-refractivity contribution in [1.82, 2.24) is 4.98 Å². The predicted octanol–water partition coefficient (Wildman–Crippen LogP) is 4.00. The summed E-state index contributed by atoms with van der Waals surface area (Å²) >= 11 is 5.77. The number of aromatic nitrogens is 1. The fourth-order valence-corrected chi connectivity index (χ4v) is 2.72. The van der Waals surface area contributed by atoms with Gasteiger partial charge in [-0.15, -0.1) is 0 Å². The summed E-state index contributed by atoms with van der Waals surface area (Å²) in [6.07, 6.45) is 4.33. The predicted molar refractivity (Wildman–Crippen MR) is 80.3 cm³/mol. The Bertz CT molecular complexity index is 676. The molecule has 0 unspecified atom stereocenters. The van der Waals surface area contributed by atoms with Crippen molar-refractivity contribution in [2.24, 2.45) is 5.73 Å². The SMILES string of the molecule is NCc1cc2c(nc1Oc1ccc(F)c(Cl)c1)CCCC2. The highest BCUT2D eigenvalue weighted by Gasteiger charge is 2.16. The summed E-state index contributed by atoms with van der Waals surface area (Å²) in [6.45, 7) is 0.352. The lowest BCUT2D eigenvalue weighted by atomic mass is 9.95. The van der Waals surface area contributed by atoms with E-state index in [-0.39, 0.29) is 5.02 Å². The molecule has 3 nitrogen and oxygen atoms in total. The summed E-state index contributed by atoms with van der Waals surface area (Å²) < 4.78 is 18.9. The van der Waals surface area contributed by atoms with Crippen LogP contribution in [0.1, 0.15) is 29.7 Å². The number of fused-ring (bicyclic) bond motifs is 1. The normalized spacial score (nSPS) is 13.9. The fourth-order valence-electron chi connectivity index (χ4n) is 2.55. The summed E-state index contributed by atoms with van der Waals surface area (Å²) in [7, 11) is 0. The number of hydrogen-bond acceptors (Lipinski definition) is 3. The maximum absolute atomic E-state index is 13.2. The van der Waals surface area contributed by atoms with Gasteiger partial charge in [0.25, 0.3) is 0 Å². The van der Waals surface area contributed by atoms with Crippen molar-refractivity contribution in [2.75, 3.05) is 0 Å². The van der Waals surface area contributed by atoms with E-state index < -0.39 is 5.82 Å². The Morgan fingerprint density at radius 1 is 1.24 bits per heavy atom. The lowest BCUT2D eigenvalue weighted by Crippen LogP contribution is -2.10. The van der Waals surface area contributed by atoms with E-state index in [1.807, 2.05) is 0 Å². The minimum Gasteiger partial charge on any atom is -0.439 e. The quantitative estimate of drug-likeness (QED) is 0.932. The second-order valence-corrected chi connectivity index (χ2v) is 5.55. The molecule has 0 spiro atoms. The molecule has 1 heterocycles. The van der Waals surface area contributed by atoms with Gasteiger partial charge in [0.15, 0.2) is 0 Å². The fraction of sp³-hybridized carbons (Fsp3) is 0.312. The Morgan fingerprint density at radius 2 is 2.05 bits per heavy atom. The molecular formula is C16H16ClFN2O. The molecule has 1 aromatic carbocycles. The number of nitrogens with two attached hydrogens (primary N) is 1. The maximum Gasteiger partial charge on any atom is 0.223 e. The number of halogens is 2. The first kappa shape index (κ1) is 14.3. The Hall–Kier alpha value is -1.65. The Kier molecular flexibility index (Phi) is 4.08. The first-order valence-electron chi connectivity index (χ1n) is 7.02. The van der Waals surface area contributed by atoms with E-state index in [4.69, 9.17) is 22.1 Å². The zero-order valence-electron chi connectivity index (χ0n) is 11.5. The molecule has 5 heteroatoms. The van der Waals surface area contributed by atoms with Gasteiger partial charge in [-0.05, 0) is 49.4 Å². The zero-order chi connectivity index (χ0) is 14.8. The van der Waals surface area contributed by atoms with E-state index in [9.17, 15) is 4.39 Å². The van der Waals surface area contributed by atoms with E-state index in [1.165, 1.54) is 30.2 Å². The number of pyridine rings is 1. The van der Waals surface area contributed by atoms with E-state index in [2.05, 4.69) is 11.1 Å². The molecule has 3 rings (SSSR count). The van der Waals surface area contributed by atoms with Gasteiger partial charge in [0.2, 0.25) is 5.88 Å². The van der Waals surface area contributed by atoms with Crippen LogP contribution >= 0.6 is 11.6 Å². The topological polar surface area (TPSA) is 48.1 Å². The average molecular weight is 307 g/mol. The standard InChI is InChI=1S/C16H16ClFN2O/c17-13-8-12(5-6-14(13)18)21-16-11(9-19)7-10-3-1-2-4-15(10)20-16/h5-8H,1-4,9,19H2. The van der Waals surface area contributed by atoms with E-state index in [1.54, 1.807) is 0 Å². The third-order valence-electron chi connectivity index (χ3n) is 3.67. The van der Waals surface area contributed by atoms with Crippen molar-refractivity contribution in [2.45, 2.75) is 32.2 Å². The molecule has 1 aliphatic carbocycles. The van der Waals surface area contributed by atoms with Gasteiger partial charge in [0, 0.05) is 23.9 Å². The van der Waals surface area contributed by atoms with Crippen LogP contribution in [0.4, 0.5) is 4.39 Å². The van der Waals surface area contributed by atoms with Gasteiger partial charge in [-0.1, -0.05) is 11.6 Å². The molecule has 2 aromatic rings. The van der Waals surface area contributed by atoms with Gasteiger partial charge in [0.05, 0.1) is 5.02 Å². The largest absolute Gasteiger partial charge is 0.439 e. The third kappa shape index (κ3) is 3.01. The van der Waals surface area contributed by atoms with Crippen LogP contribution < -0.4 is 10.5 Å². The van der Waals surface area contributed by atoms with E-state index in [0.717, 1.165) is 30.5 Å². The lowest BCUT2D eigenvalue weighted by molar-refractivity contribution is 0.449. The van der Waals surface area contributed by atoms with Gasteiger partial charge >= 0.3 is 0 Å². The van der Waals surface area contributed by atoms with Crippen molar-refractivity contribution < 1.29 is 9.13 Å². The molecule has 0 aliphatic heterocycles. The monoisotopic (exact) mass is 306 g/mol. The molecule has 0 radical (unpaired) electrons. The van der Waals surface area contributed by atoms with Crippen LogP contribution in [-0.4, -0.2) is 4.98 Å². The molecule has 0 bridgehead atoms. The van der Waals surface area contributed by atoms with Crippen molar-refractivity contribution in [1.29, 1.82) is 0 Å². The van der Waals surface area contributed by atoms with Gasteiger partial charge < -0.3 is 10.5 Å². The number of aryl methyl sites for hydroxylation is 2. The number of ether oxygens (including phenoxy) is 1. The molecule has 2 N–H and O–H groups in total. The second-order valence-electron chi connectivity index (χ2n) is 5.15.